The van der Waals surface area contributed by atoms with Gasteiger partial charge in [-0.05, 0) is 29.7 Å². The van der Waals surface area contributed by atoms with Crippen molar-refractivity contribution >= 4 is 22.5 Å². The SMILES string of the molecule is O=C(Nc1nc(-c2ccccc2)cs1)N(CCC(c1ccccc1)c1ccncc1)CCN1CCOCC1. The van der Waals surface area contributed by atoms with Crippen LogP contribution in [-0.4, -0.2) is 71.7 Å². The summed E-state index contributed by atoms with van der Waals surface area (Å²) in [5.41, 5.74) is 4.34. The Hall–Kier alpha value is -3.59. The van der Waals surface area contributed by atoms with Crippen molar-refractivity contribution in [3.8, 4) is 11.3 Å². The number of pyridine rings is 1. The minimum atomic E-state index is -0.117. The fourth-order valence-electron chi connectivity index (χ4n) is 4.74. The summed E-state index contributed by atoms with van der Waals surface area (Å²) in [6.07, 6.45) is 4.47. The Bertz CT molecular complexity index is 1220. The lowest BCUT2D eigenvalue weighted by Gasteiger charge is -2.31. The molecule has 1 aliphatic rings. The third-order valence-electron chi connectivity index (χ3n) is 6.86. The second-order valence-electron chi connectivity index (χ2n) is 9.31. The van der Waals surface area contributed by atoms with Crippen LogP contribution in [0.15, 0.2) is 90.6 Å². The highest BCUT2D eigenvalue weighted by Gasteiger charge is 2.21. The zero-order valence-corrected chi connectivity index (χ0v) is 22.2. The molecule has 5 rings (SSSR count). The van der Waals surface area contributed by atoms with E-state index in [1.165, 1.54) is 22.5 Å². The van der Waals surface area contributed by atoms with Crippen molar-refractivity contribution in [3.63, 3.8) is 0 Å². The fourth-order valence-corrected chi connectivity index (χ4v) is 5.45. The molecule has 0 aliphatic carbocycles. The van der Waals surface area contributed by atoms with Gasteiger partial charge in [0.1, 0.15) is 0 Å². The number of amides is 2. The van der Waals surface area contributed by atoms with Gasteiger partial charge in [-0.1, -0.05) is 60.7 Å². The van der Waals surface area contributed by atoms with Gasteiger partial charge in [0.2, 0.25) is 0 Å². The van der Waals surface area contributed by atoms with Gasteiger partial charge in [0, 0.05) is 62.0 Å². The zero-order chi connectivity index (χ0) is 26.0. The lowest BCUT2D eigenvalue weighted by atomic mass is 9.89. The molecule has 2 aromatic heterocycles. The Labute approximate surface area is 228 Å². The number of nitrogens with zero attached hydrogens (tertiary/aromatic N) is 4. The van der Waals surface area contributed by atoms with Crippen molar-refractivity contribution in [1.82, 2.24) is 19.8 Å². The molecule has 2 amide bonds. The summed E-state index contributed by atoms with van der Waals surface area (Å²) in [5, 5.41) is 5.66. The molecule has 0 radical (unpaired) electrons. The van der Waals surface area contributed by atoms with Gasteiger partial charge >= 0.3 is 6.03 Å². The van der Waals surface area contributed by atoms with Crippen LogP contribution in [0.1, 0.15) is 23.5 Å². The topological polar surface area (TPSA) is 70.6 Å². The minimum Gasteiger partial charge on any atom is -0.379 e. The van der Waals surface area contributed by atoms with Gasteiger partial charge in [-0.25, -0.2) is 9.78 Å². The molecule has 38 heavy (non-hydrogen) atoms. The number of nitrogens with one attached hydrogen (secondary N) is 1. The molecule has 2 aromatic carbocycles. The molecule has 3 heterocycles. The van der Waals surface area contributed by atoms with E-state index in [-0.39, 0.29) is 11.9 Å². The van der Waals surface area contributed by atoms with Crippen LogP contribution in [0.4, 0.5) is 9.93 Å². The first kappa shape index (κ1) is 26.0. The molecule has 8 heteroatoms. The van der Waals surface area contributed by atoms with Crippen molar-refractivity contribution in [1.29, 1.82) is 0 Å². The molecule has 0 bridgehead atoms. The van der Waals surface area contributed by atoms with Crippen molar-refractivity contribution in [2.45, 2.75) is 12.3 Å². The molecule has 4 aromatic rings. The van der Waals surface area contributed by atoms with Gasteiger partial charge in [0.05, 0.1) is 18.9 Å². The molecular formula is C30H33N5O2S. The number of aromatic nitrogens is 2. The molecule has 0 saturated carbocycles. The number of hydrogen-bond acceptors (Lipinski definition) is 6. The van der Waals surface area contributed by atoms with Crippen LogP contribution < -0.4 is 5.32 Å². The maximum Gasteiger partial charge on any atom is 0.323 e. The summed E-state index contributed by atoms with van der Waals surface area (Å²) in [7, 11) is 0. The van der Waals surface area contributed by atoms with E-state index >= 15 is 0 Å². The number of anilines is 1. The van der Waals surface area contributed by atoms with E-state index in [0.717, 1.165) is 50.5 Å². The number of ether oxygens (including phenoxy) is 1. The maximum atomic E-state index is 13.5. The summed E-state index contributed by atoms with van der Waals surface area (Å²) in [4.78, 5) is 26.7. The van der Waals surface area contributed by atoms with Gasteiger partial charge in [0.25, 0.3) is 0 Å². The fraction of sp³-hybridized carbons (Fsp3) is 0.300. The molecule has 1 fully saturated rings. The van der Waals surface area contributed by atoms with Gasteiger partial charge in [-0.15, -0.1) is 11.3 Å². The molecule has 1 aliphatic heterocycles. The number of hydrogen-bond donors (Lipinski definition) is 1. The van der Waals surface area contributed by atoms with Gasteiger partial charge in [-0.3, -0.25) is 15.2 Å². The van der Waals surface area contributed by atoms with Crippen LogP contribution >= 0.6 is 11.3 Å². The average Bonchev–Trinajstić information content (AvgIpc) is 3.45. The highest BCUT2D eigenvalue weighted by atomic mass is 32.1. The largest absolute Gasteiger partial charge is 0.379 e. The molecular weight excluding hydrogens is 494 g/mol. The Morgan fingerprint density at radius 3 is 2.37 bits per heavy atom. The monoisotopic (exact) mass is 527 g/mol. The Balaban J connectivity index is 1.30. The van der Waals surface area contributed by atoms with E-state index in [4.69, 9.17) is 4.74 Å². The normalized spacial score (nSPS) is 14.6. The first-order chi connectivity index (χ1) is 18.8. The maximum absolute atomic E-state index is 13.5. The van der Waals surface area contributed by atoms with E-state index in [2.05, 4.69) is 56.6 Å². The van der Waals surface area contributed by atoms with Crippen LogP contribution in [-0.2, 0) is 4.74 Å². The number of thiazole rings is 1. The first-order valence-corrected chi connectivity index (χ1v) is 14.0. The summed E-state index contributed by atoms with van der Waals surface area (Å²) in [6, 6.07) is 24.5. The van der Waals surface area contributed by atoms with Gasteiger partial charge < -0.3 is 9.64 Å². The summed E-state index contributed by atoms with van der Waals surface area (Å²) in [5.74, 6) is 0.169. The molecule has 7 nitrogen and oxygen atoms in total. The Morgan fingerprint density at radius 2 is 1.63 bits per heavy atom. The Kier molecular flexibility index (Phi) is 9.10. The van der Waals surface area contributed by atoms with Crippen LogP contribution in [0.2, 0.25) is 0 Å². The smallest absolute Gasteiger partial charge is 0.323 e. The van der Waals surface area contributed by atoms with E-state index in [1.807, 2.05) is 59.1 Å². The average molecular weight is 528 g/mol. The number of carbonyl (C=O) groups excluding carboxylic acids is 1. The van der Waals surface area contributed by atoms with Crippen molar-refractivity contribution in [3.05, 3.63) is 102 Å². The van der Waals surface area contributed by atoms with E-state index in [0.29, 0.717) is 18.2 Å². The second kappa shape index (κ2) is 13.3. The lowest BCUT2D eigenvalue weighted by Crippen LogP contribution is -2.44. The van der Waals surface area contributed by atoms with Crippen LogP contribution in [0.3, 0.4) is 0 Å². The number of benzene rings is 2. The van der Waals surface area contributed by atoms with Crippen LogP contribution in [0, 0.1) is 0 Å². The quantitative estimate of drug-likeness (QED) is 0.291. The van der Waals surface area contributed by atoms with Gasteiger partial charge in [-0.2, -0.15) is 0 Å². The van der Waals surface area contributed by atoms with E-state index in [9.17, 15) is 4.79 Å². The van der Waals surface area contributed by atoms with Crippen molar-refractivity contribution < 1.29 is 9.53 Å². The standard InChI is InChI=1S/C30H33N5O2S/c36-30(33-29-32-28(23-38-29)26-9-5-2-6-10-26)35(18-17-34-19-21-37-22-20-34)16-13-27(24-7-3-1-4-8-24)25-11-14-31-15-12-25/h1-12,14-15,23,27H,13,16-22H2,(H,32,33,36). The minimum absolute atomic E-state index is 0.117. The molecule has 1 atom stereocenters. The predicted molar refractivity (Wildman–Crippen MR) is 153 cm³/mol. The Morgan fingerprint density at radius 1 is 0.947 bits per heavy atom. The highest BCUT2D eigenvalue weighted by Crippen LogP contribution is 2.28. The third-order valence-corrected chi connectivity index (χ3v) is 7.62. The number of urea groups is 1. The third kappa shape index (κ3) is 7.04. The molecule has 0 spiro atoms. The van der Waals surface area contributed by atoms with Crippen LogP contribution in [0.25, 0.3) is 11.3 Å². The summed E-state index contributed by atoms with van der Waals surface area (Å²) >= 11 is 1.45. The highest BCUT2D eigenvalue weighted by molar-refractivity contribution is 7.14. The van der Waals surface area contributed by atoms with Gasteiger partial charge in [0.15, 0.2) is 5.13 Å². The molecule has 1 unspecified atom stereocenters. The van der Waals surface area contributed by atoms with Crippen molar-refractivity contribution in [2.24, 2.45) is 0 Å². The van der Waals surface area contributed by atoms with Crippen molar-refractivity contribution in [2.75, 3.05) is 51.3 Å². The van der Waals surface area contributed by atoms with E-state index < -0.39 is 0 Å². The zero-order valence-electron chi connectivity index (χ0n) is 21.4. The molecule has 196 valence electrons. The number of morpholine rings is 1. The molecule has 1 N–H and O–H groups in total. The second-order valence-corrected chi connectivity index (χ2v) is 10.2. The van der Waals surface area contributed by atoms with E-state index in [1.54, 1.807) is 0 Å². The van der Waals surface area contributed by atoms with Crippen LogP contribution in [0.5, 0.6) is 0 Å². The first-order valence-electron chi connectivity index (χ1n) is 13.1. The summed E-state index contributed by atoms with van der Waals surface area (Å²) < 4.78 is 5.50. The lowest BCUT2D eigenvalue weighted by molar-refractivity contribution is 0.0351. The summed E-state index contributed by atoms with van der Waals surface area (Å²) in [6.45, 7) is 5.35. The number of carbonyl (C=O) groups is 1. The predicted octanol–water partition coefficient (Wildman–Crippen LogP) is 5.59. The number of rotatable bonds is 10. The molecule has 1 saturated heterocycles.